The SMILES string of the molecule is CC[C@@H](C)N(Cc1cccn1Cc1ccccc1C)C(=O)CN(C(=O)C1CC1)[C@@H](C)CC. The zero-order valence-corrected chi connectivity index (χ0v) is 20.4. The van der Waals surface area contributed by atoms with Crippen LogP contribution in [-0.4, -0.2) is 44.8 Å². The minimum atomic E-state index is 0.0392. The topological polar surface area (TPSA) is 45.6 Å². The third-order valence-electron chi connectivity index (χ3n) is 6.94. The quantitative estimate of drug-likeness (QED) is 0.496. The van der Waals surface area contributed by atoms with Gasteiger partial charge in [-0.1, -0.05) is 38.1 Å². The van der Waals surface area contributed by atoms with E-state index in [1.54, 1.807) is 0 Å². The van der Waals surface area contributed by atoms with Crippen molar-refractivity contribution < 1.29 is 9.59 Å². The predicted octanol–water partition coefficient (Wildman–Crippen LogP) is 5.01. The molecule has 0 bridgehead atoms. The van der Waals surface area contributed by atoms with Gasteiger partial charge < -0.3 is 14.4 Å². The van der Waals surface area contributed by atoms with E-state index in [0.717, 1.165) is 37.9 Å². The van der Waals surface area contributed by atoms with E-state index in [-0.39, 0.29) is 36.4 Å². The highest BCUT2D eigenvalue weighted by atomic mass is 16.2. The molecule has 0 radical (unpaired) electrons. The van der Waals surface area contributed by atoms with Crippen LogP contribution in [0, 0.1) is 12.8 Å². The molecule has 0 aliphatic heterocycles. The number of carbonyl (C=O) groups excluding carboxylic acids is 2. The van der Waals surface area contributed by atoms with Gasteiger partial charge in [-0.15, -0.1) is 0 Å². The van der Waals surface area contributed by atoms with Crippen LogP contribution in [0.2, 0.25) is 0 Å². The highest BCUT2D eigenvalue weighted by Crippen LogP contribution is 2.32. The maximum atomic E-state index is 13.5. The van der Waals surface area contributed by atoms with E-state index in [1.807, 2.05) is 9.80 Å². The van der Waals surface area contributed by atoms with Crippen molar-refractivity contribution in [1.82, 2.24) is 14.4 Å². The van der Waals surface area contributed by atoms with Crippen molar-refractivity contribution in [3.63, 3.8) is 0 Å². The van der Waals surface area contributed by atoms with E-state index in [9.17, 15) is 9.59 Å². The Bertz CT molecular complexity index is 915. The Kier molecular flexibility index (Phi) is 8.16. The van der Waals surface area contributed by atoms with Crippen molar-refractivity contribution in [2.45, 2.75) is 85.5 Å². The number of rotatable bonds is 11. The highest BCUT2D eigenvalue weighted by Gasteiger charge is 2.36. The Morgan fingerprint density at radius 2 is 1.66 bits per heavy atom. The molecule has 5 nitrogen and oxygen atoms in total. The van der Waals surface area contributed by atoms with Crippen LogP contribution in [0.4, 0.5) is 0 Å². The molecule has 1 aromatic heterocycles. The number of nitrogens with zero attached hydrogens (tertiary/aromatic N) is 3. The second kappa shape index (κ2) is 10.8. The third kappa shape index (κ3) is 5.81. The molecule has 0 N–H and O–H groups in total. The van der Waals surface area contributed by atoms with E-state index in [0.29, 0.717) is 6.54 Å². The van der Waals surface area contributed by atoms with Gasteiger partial charge in [0.25, 0.3) is 0 Å². The molecule has 5 heteroatoms. The number of aromatic nitrogens is 1. The fourth-order valence-electron chi connectivity index (χ4n) is 4.08. The summed E-state index contributed by atoms with van der Waals surface area (Å²) in [4.78, 5) is 30.1. The van der Waals surface area contributed by atoms with Gasteiger partial charge in [-0.05, 0) is 69.7 Å². The average Bonchev–Trinajstić information content (AvgIpc) is 3.56. The second-order valence-corrected chi connectivity index (χ2v) is 9.33. The summed E-state index contributed by atoms with van der Waals surface area (Å²) in [6.45, 7) is 12.0. The maximum Gasteiger partial charge on any atom is 0.242 e. The molecule has 0 saturated heterocycles. The van der Waals surface area contributed by atoms with Gasteiger partial charge in [-0.2, -0.15) is 0 Å². The highest BCUT2D eigenvalue weighted by molar-refractivity contribution is 5.87. The summed E-state index contributed by atoms with van der Waals surface area (Å²) >= 11 is 0. The lowest BCUT2D eigenvalue weighted by Gasteiger charge is -2.34. The van der Waals surface area contributed by atoms with Crippen LogP contribution in [0.15, 0.2) is 42.6 Å². The normalized spacial score (nSPS) is 15.3. The molecule has 2 aromatic rings. The van der Waals surface area contributed by atoms with E-state index in [4.69, 9.17) is 0 Å². The first-order valence-corrected chi connectivity index (χ1v) is 12.1. The van der Waals surface area contributed by atoms with E-state index in [1.165, 1.54) is 11.1 Å². The molecular weight excluding hydrogens is 398 g/mol. The standard InChI is InChI=1S/C27H39N3O2/c1-6-21(4)29(26(31)19-30(22(5)7-2)27(32)23-14-15-23)18-25-13-10-16-28(25)17-24-12-9-8-11-20(24)3/h8-13,16,21-23H,6-7,14-15,17-19H2,1-5H3/t21-,22+/m1/s1. The molecule has 1 fully saturated rings. The fraction of sp³-hybridized carbons (Fsp3) is 0.556. The van der Waals surface area contributed by atoms with Gasteiger partial charge in [0.05, 0.1) is 6.54 Å². The lowest BCUT2D eigenvalue weighted by Crippen LogP contribution is -2.49. The van der Waals surface area contributed by atoms with Gasteiger partial charge in [0, 0.05) is 36.4 Å². The van der Waals surface area contributed by atoms with Crippen LogP contribution < -0.4 is 0 Å². The summed E-state index contributed by atoms with van der Waals surface area (Å²) in [7, 11) is 0. The average molecular weight is 438 g/mol. The molecule has 1 saturated carbocycles. The van der Waals surface area contributed by atoms with Crippen molar-refractivity contribution in [1.29, 1.82) is 0 Å². The fourth-order valence-corrected chi connectivity index (χ4v) is 4.08. The summed E-state index contributed by atoms with van der Waals surface area (Å²) in [6.07, 6.45) is 5.74. The van der Waals surface area contributed by atoms with Gasteiger partial charge in [0.15, 0.2) is 0 Å². The molecule has 0 unspecified atom stereocenters. The summed E-state index contributed by atoms with van der Waals surface area (Å²) in [5.41, 5.74) is 3.67. The van der Waals surface area contributed by atoms with Crippen molar-refractivity contribution in [2.24, 2.45) is 5.92 Å². The molecular formula is C27H39N3O2. The van der Waals surface area contributed by atoms with Crippen LogP contribution in [-0.2, 0) is 22.7 Å². The van der Waals surface area contributed by atoms with Gasteiger partial charge in [0.1, 0.15) is 6.54 Å². The Balaban J connectivity index is 1.77. The van der Waals surface area contributed by atoms with Crippen LogP contribution in [0.25, 0.3) is 0 Å². The number of hydrogen-bond acceptors (Lipinski definition) is 2. The number of hydrogen-bond donors (Lipinski definition) is 0. The molecule has 1 heterocycles. The Morgan fingerprint density at radius 1 is 1.00 bits per heavy atom. The Hall–Kier alpha value is -2.56. The maximum absolute atomic E-state index is 13.5. The summed E-state index contributed by atoms with van der Waals surface area (Å²) in [6, 6.07) is 12.8. The van der Waals surface area contributed by atoms with Gasteiger partial charge >= 0.3 is 0 Å². The number of carbonyl (C=O) groups is 2. The lowest BCUT2D eigenvalue weighted by atomic mass is 10.1. The molecule has 1 aromatic carbocycles. The summed E-state index contributed by atoms with van der Waals surface area (Å²) in [5, 5.41) is 0. The first kappa shape index (κ1) is 24.1. The predicted molar refractivity (Wildman–Crippen MR) is 129 cm³/mol. The number of benzene rings is 1. The molecule has 2 amide bonds. The van der Waals surface area contributed by atoms with Crippen LogP contribution in [0.1, 0.15) is 70.2 Å². The zero-order valence-electron chi connectivity index (χ0n) is 20.4. The van der Waals surface area contributed by atoms with Crippen molar-refractivity contribution in [2.75, 3.05) is 6.54 Å². The lowest BCUT2D eigenvalue weighted by molar-refractivity contribution is -0.144. The summed E-state index contributed by atoms with van der Waals surface area (Å²) in [5.74, 6) is 0.317. The zero-order chi connectivity index (χ0) is 23.3. The molecule has 2 atom stereocenters. The summed E-state index contributed by atoms with van der Waals surface area (Å²) < 4.78 is 2.23. The largest absolute Gasteiger partial charge is 0.345 e. The monoisotopic (exact) mass is 437 g/mol. The van der Waals surface area contributed by atoms with Crippen molar-refractivity contribution >= 4 is 11.8 Å². The van der Waals surface area contributed by atoms with Gasteiger partial charge in [-0.3, -0.25) is 9.59 Å². The van der Waals surface area contributed by atoms with Crippen LogP contribution in [0.3, 0.4) is 0 Å². The van der Waals surface area contributed by atoms with E-state index < -0.39 is 0 Å². The van der Waals surface area contributed by atoms with E-state index >= 15 is 0 Å². The smallest absolute Gasteiger partial charge is 0.242 e. The first-order chi connectivity index (χ1) is 15.3. The van der Waals surface area contributed by atoms with Crippen LogP contribution in [0.5, 0.6) is 0 Å². The van der Waals surface area contributed by atoms with E-state index in [2.05, 4.69) is 81.8 Å². The Labute approximate surface area is 193 Å². The molecule has 0 spiro atoms. The molecule has 1 aliphatic rings. The molecule has 3 rings (SSSR count). The van der Waals surface area contributed by atoms with Gasteiger partial charge in [-0.25, -0.2) is 0 Å². The van der Waals surface area contributed by atoms with Gasteiger partial charge in [0.2, 0.25) is 11.8 Å². The molecule has 1 aliphatic carbocycles. The minimum absolute atomic E-state index is 0.0392. The number of aryl methyl sites for hydroxylation is 1. The van der Waals surface area contributed by atoms with Crippen molar-refractivity contribution in [3.05, 3.63) is 59.4 Å². The first-order valence-electron chi connectivity index (χ1n) is 12.1. The third-order valence-corrected chi connectivity index (χ3v) is 6.94. The number of amides is 2. The minimum Gasteiger partial charge on any atom is -0.345 e. The van der Waals surface area contributed by atoms with Crippen LogP contribution >= 0.6 is 0 Å². The molecule has 174 valence electrons. The molecule has 32 heavy (non-hydrogen) atoms. The Morgan fingerprint density at radius 3 is 2.28 bits per heavy atom. The van der Waals surface area contributed by atoms with Crippen molar-refractivity contribution in [3.8, 4) is 0 Å². The second-order valence-electron chi connectivity index (χ2n) is 9.33.